The number of aromatic nitrogens is 3. The second kappa shape index (κ2) is 9.52. The third kappa shape index (κ3) is 4.39. The Morgan fingerprint density at radius 1 is 0.946 bits per heavy atom. The van der Waals surface area contributed by atoms with Gasteiger partial charge >= 0.3 is 6.18 Å². The lowest BCUT2D eigenvalue weighted by Gasteiger charge is -2.27. The van der Waals surface area contributed by atoms with E-state index in [0.29, 0.717) is 36.5 Å². The molecule has 0 N–H and O–H groups in total. The SMILES string of the molecule is O=CN1C[C@@H]2C[C@@H](c3ccccc3C(F)(F)F)C(c3nnc4cccc(SCc5ccccc5)n34)[C@H]2C1. The Hall–Kier alpha value is -3.33. The molecular formula is C28H25F3N4OS. The van der Waals surface area contributed by atoms with Gasteiger partial charge in [-0.1, -0.05) is 54.6 Å². The fraction of sp³-hybridized carbons (Fsp3) is 0.321. The second-order valence-corrected chi connectivity index (χ2v) is 10.8. The van der Waals surface area contributed by atoms with Crippen molar-refractivity contribution in [3.05, 3.63) is 95.3 Å². The summed E-state index contributed by atoms with van der Waals surface area (Å²) in [5.74, 6) is 0.864. The zero-order chi connectivity index (χ0) is 25.6. The summed E-state index contributed by atoms with van der Waals surface area (Å²) in [5, 5.41) is 9.95. The molecule has 2 aromatic heterocycles. The predicted molar refractivity (Wildman–Crippen MR) is 135 cm³/mol. The number of thioether (sulfide) groups is 1. The Kier molecular flexibility index (Phi) is 6.18. The molecule has 0 spiro atoms. The van der Waals surface area contributed by atoms with E-state index in [0.717, 1.165) is 17.2 Å². The number of amides is 1. The monoisotopic (exact) mass is 522 g/mol. The van der Waals surface area contributed by atoms with Gasteiger partial charge in [0.05, 0.1) is 10.6 Å². The fourth-order valence-corrected chi connectivity index (χ4v) is 7.21. The van der Waals surface area contributed by atoms with Crippen LogP contribution in [0.5, 0.6) is 0 Å². The van der Waals surface area contributed by atoms with E-state index in [9.17, 15) is 18.0 Å². The van der Waals surface area contributed by atoms with Crippen LogP contribution in [0, 0.1) is 11.8 Å². The number of hydrogen-bond acceptors (Lipinski definition) is 4. The van der Waals surface area contributed by atoms with Crippen LogP contribution in [0.3, 0.4) is 0 Å². The quantitative estimate of drug-likeness (QED) is 0.230. The highest BCUT2D eigenvalue weighted by Crippen LogP contribution is 2.56. The summed E-state index contributed by atoms with van der Waals surface area (Å²) in [6, 6.07) is 21.8. The Morgan fingerprint density at radius 2 is 1.73 bits per heavy atom. The largest absolute Gasteiger partial charge is 0.416 e. The Morgan fingerprint density at radius 3 is 2.51 bits per heavy atom. The maximum absolute atomic E-state index is 14.1. The van der Waals surface area contributed by atoms with Crippen molar-refractivity contribution in [2.45, 2.75) is 35.2 Å². The first-order valence-electron chi connectivity index (χ1n) is 12.3. The molecule has 1 saturated heterocycles. The van der Waals surface area contributed by atoms with E-state index in [2.05, 4.69) is 22.3 Å². The van der Waals surface area contributed by atoms with E-state index in [-0.39, 0.29) is 23.7 Å². The fourth-order valence-electron chi connectivity index (χ4n) is 6.21. The molecule has 2 aromatic carbocycles. The van der Waals surface area contributed by atoms with Crippen LogP contribution in [0.1, 0.15) is 40.8 Å². The number of pyridine rings is 1. The van der Waals surface area contributed by atoms with E-state index in [1.54, 1.807) is 28.8 Å². The van der Waals surface area contributed by atoms with Crippen LogP contribution < -0.4 is 0 Å². The lowest BCUT2D eigenvalue weighted by Crippen LogP contribution is -2.25. The molecule has 4 atom stereocenters. The number of hydrogen-bond donors (Lipinski definition) is 0. The van der Waals surface area contributed by atoms with Gasteiger partial charge < -0.3 is 4.90 Å². The number of rotatable bonds is 6. The van der Waals surface area contributed by atoms with Crippen molar-refractivity contribution >= 4 is 23.8 Å². The van der Waals surface area contributed by atoms with Gasteiger partial charge in [-0.05, 0) is 53.5 Å². The molecule has 1 unspecified atom stereocenters. The number of likely N-dealkylation sites (tertiary alicyclic amines) is 1. The number of alkyl halides is 3. The number of carbonyl (C=O) groups excluding carboxylic acids is 1. The van der Waals surface area contributed by atoms with Crippen molar-refractivity contribution in [1.29, 1.82) is 0 Å². The summed E-state index contributed by atoms with van der Waals surface area (Å²) in [6.45, 7) is 1.07. The molecule has 5 nitrogen and oxygen atoms in total. The normalized spacial score (nSPS) is 23.5. The van der Waals surface area contributed by atoms with E-state index >= 15 is 0 Å². The van der Waals surface area contributed by atoms with Gasteiger partial charge in [0.15, 0.2) is 5.65 Å². The second-order valence-electron chi connectivity index (χ2n) is 9.83. The first kappa shape index (κ1) is 24.0. The van der Waals surface area contributed by atoms with Crippen LogP contribution in [0.25, 0.3) is 5.65 Å². The Balaban J connectivity index is 1.45. The maximum atomic E-state index is 14.1. The van der Waals surface area contributed by atoms with Gasteiger partial charge in [0.2, 0.25) is 6.41 Å². The van der Waals surface area contributed by atoms with Crippen LogP contribution in [0.2, 0.25) is 0 Å². The molecule has 9 heteroatoms. The number of halogens is 3. The van der Waals surface area contributed by atoms with Gasteiger partial charge in [0.25, 0.3) is 0 Å². The van der Waals surface area contributed by atoms with Gasteiger partial charge in [-0.2, -0.15) is 13.2 Å². The lowest BCUT2D eigenvalue weighted by molar-refractivity contribution is -0.138. The first-order chi connectivity index (χ1) is 17.9. The molecule has 37 heavy (non-hydrogen) atoms. The van der Waals surface area contributed by atoms with Crippen molar-refractivity contribution in [3.63, 3.8) is 0 Å². The van der Waals surface area contributed by atoms with Crippen molar-refractivity contribution in [3.8, 4) is 0 Å². The summed E-state index contributed by atoms with van der Waals surface area (Å²) >= 11 is 1.65. The molecule has 2 aliphatic rings. The minimum absolute atomic E-state index is 0.0102. The molecule has 4 aromatic rings. The Labute approximate surface area is 216 Å². The highest BCUT2D eigenvalue weighted by atomic mass is 32.2. The van der Waals surface area contributed by atoms with Crippen LogP contribution in [0.15, 0.2) is 77.8 Å². The summed E-state index contributed by atoms with van der Waals surface area (Å²) < 4.78 is 44.2. The first-order valence-corrected chi connectivity index (χ1v) is 13.3. The zero-order valence-electron chi connectivity index (χ0n) is 19.9. The van der Waals surface area contributed by atoms with Crippen molar-refractivity contribution < 1.29 is 18.0 Å². The van der Waals surface area contributed by atoms with Crippen molar-refractivity contribution in [2.75, 3.05) is 13.1 Å². The number of fused-ring (bicyclic) bond motifs is 2. The lowest BCUT2D eigenvalue weighted by atomic mass is 9.82. The maximum Gasteiger partial charge on any atom is 0.416 e. The van der Waals surface area contributed by atoms with Gasteiger partial charge in [-0.15, -0.1) is 22.0 Å². The Bertz CT molecular complexity index is 1420. The zero-order valence-corrected chi connectivity index (χ0v) is 20.7. The molecule has 190 valence electrons. The minimum atomic E-state index is -4.45. The van der Waals surface area contributed by atoms with Gasteiger partial charge in [-0.25, -0.2) is 0 Å². The van der Waals surface area contributed by atoms with Crippen molar-refractivity contribution in [1.82, 2.24) is 19.5 Å². The summed E-state index contributed by atoms with van der Waals surface area (Å²) in [4.78, 5) is 13.3. The average Bonchev–Trinajstić information content (AvgIpc) is 3.60. The standard InChI is InChI=1S/C28H25F3N4OS/c29-28(30,31)23-10-5-4-9-20(23)21-13-19-14-34(17-36)15-22(19)26(21)27-33-32-24-11-6-12-25(35(24)27)37-16-18-7-2-1-3-8-18/h1-12,17,19,21-22,26H,13-16H2/t19-,21-,22-,26?/m0/s1. The summed E-state index contributed by atoms with van der Waals surface area (Å²) in [7, 11) is 0. The van der Waals surface area contributed by atoms with Crippen LogP contribution in [-0.4, -0.2) is 39.0 Å². The summed E-state index contributed by atoms with van der Waals surface area (Å²) in [6.07, 6.45) is -3.03. The number of nitrogens with zero attached hydrogens (tertiary/aromatic N) is 4. The van der Waals surface area contributed by atoms with Crippen LogP contribution >= 0.6 is 11.8 Å². The smallest absolute Gasteiger partial charge is 0.345 e. The molecule has 0 radical (unpaired) electrons. The highest BCUT2D eigenvalue weighted by molar-refractivity contribution is 7.98. The topological polar surface area (TPSA) is 50.5 Å². The molecule has 2 fully saturated rings. The van der Waals surface area contributed by atoms with E-state index in [1.165, 1.54) is 17.7 Å². The third-order valence-corrected chi connectivity index (χ3v) is 8.82. The molecule has 0 bridgehead atoms. The van der Waals surface area contributed by atoms with Crippen LogP contribution in [-0.2, 0) is 16.7 Å². The van der Waals surface area contributed by atoms with E-state index in [4.69, 9.17) is 0 Å². The molecule has 6 rings (SSSR count). The van der Waals surface area contributed by atoms with Gasteiger partial charge in [0.1, 0.15) is 5.82 Å². The van der Waals surface area contributed by atoms with Crippen LogP contribution in [0.4, 0.5) is 13.2 Å². The molecule has 3 heterocycles. The molecule has 1 aliphatic heterocycles. The average molecular weight is 523 g/mol. The molecule has 1 amide bonds. The molecule has 1 saturated carbocycles. The number of benzene rings is 2. The van der Waals surface area contributed by atoms with Crippen molar-refractivity contribution in [2.24, 2.45) is 11.8 Å². The summed E-state index contributed by atoms with van der Waals surface area (Å²) in [5.41, 5.74) is 1.56. The predicted octanol–water partition coefficient (Wildman–Crippen LogP) is 6.02. The van der Waals surface area contributed by atoms with Gasteiger partial charge in [-0.3, -0.25) is 9.20 Å². The number of carbonyl (C=O) groups is 1. The minimum Gasteiger partial charge on any atom is -0.345 e. The molecular weight excluding hydrogens is 497 g/mol. The van der Waals surface area contributed by atoms with Gasteiger partial charge in [0, 0.05) is 24.8 Å². The molecule has 1 aliphatic carbocycles. The van der Waals surface area contributed by atoms with E-state index in [1.807, 2.05) is 40.8 Å². The third-order valence-electron chi connectivity index (χ3n) is 7.73. The highest BCUT2D eigenvalue weighted by Gasteiger charge is 2.52. The van der Waals surface area contributed by atoms with E-state index < -0.39 is 11.7 Å².